The number of carbonyl (C=O) groups is 1. The molecular formula is C18H20F2N4O. The predicted octanol–water partition coefficient (Wildman–Crippen LogP) is 3.20. The minimum absolute atomic E-state index is 0.140. The topological polar surface area (TPSA) is 70.4 Å². The highest BCUT2D eigenvalue weighted by Gasteiger charge is 2.32. The van der Waals surface area contributed by atoms with Crippen LogP contribution >= 0.6 is 0 Å². The van der Waals surface area contributed by atoms with Gasteiger partial charge in [0.1, 0.15) is 11.6 Å². The second kappa shape index (κ2) is 6.33. The molecule has 1 aliphatic rings. The summed E-state index contributed by atoms with van der Waals surface area (Å²) in [6.07, 6.45) is 0. The number of nitrogens with two attached hydrogens (primary N) is 1. The lowest BCUT2D eigenvalue weighted by Crippen LogP contribution is -2.54. The number of nitrogens with zero attached hydrogens (tertiary/aromatic N) is 1. The van der Waals surface area contributed by atoms with Gasteiger partial charge in [0, 0.05) is 23.8 Å². The molecule has 132 valence electrons. The Bertz CT molecular complexity index is 823. The van der Waals surface area contributed by atoms with Gasteiger partial charge in [-0.2, -0.15) is 0 Å². The zero-order valence-electron chi connectivity index (χ0n) is 14.1. The van der Waals surface area contributed by atoms with Gasteiger partial charge in [0.25, 0.3) is 0 Å². The highest BCUT2D eigenvalue weighted by atomic mass is 19.1. The van der Waals surface area contributed by atoms with Crippen LogP contribution in [0.2, 0.25) is 0 Å². The number of amides is 1. The van der Waals surface area contributed by atoms with Crippen molar-refractivity contribution in [3.05, 3.63) is 48.0 Å². The number of hydrogen-bond donors (Lipinski definition) is 3. The highest BCUT2D eigenvalue weighted by molar-refractivity contribution is 6.02. The van der Waals surface area contributed by atoms with E-state index in [4.69, 9.17) is 5.73 Å². The quantitative estimate of drug-likeness (QED) is 0.795. The van der Waals surface area contributed by atoms with Crippen molar-refractivity contribution in [3.63, 3.8) is 0 Å². The molecule has 1 aliphatic heterocycles. The maximum atomic E-state index is 13.8. The fourth-order valence-corrected chi connectivity index (χ4v) is 2.76. The van der Waals surface area contributed by atoms with Gasteiger partial charge in [-0.05, 0) is 44.2 Å². The Morgan fingerprint density at radius 1 is 1.24 bits per heavy atom. The number of benzene rings is 2. The minimum Gasteiger partial charge on any atom is -0.354 e. The third-order valence-electron chi connectivity index (χ3n) is 4.30. The molecule has 3 rings (SSSR count). The van der Waals surface area contributed by atoms with Crippen LogP contribution in [0.3, 0.4) is 0 Å². The first-order valence-electron chi connectivity index (χ1n) is 7.94. The summed E-state index contributed by atoms with van der Waals surface area (Å²) in [7, 11) is 0. The van der Waals surface area contributed by atoms with Crippen molar-refractivity contribution in [3.8, 4) is 0 Å². The summed E-state index contributed by atoms with van der Waals surface area (Å²) in [4.78, 5) is 14.0. The van der Waals surface area contributed by atoms with Crippen LogP contribution in [-0.2, 0) is 4.79 Å². The first-order valence-corrected chi connectivity index (χ1v) is 7.94. The molecule has 0 unspecified atom stereocenters. The van der Waals surface area contributed by atoms with Crippen LogP contribution in [0, 0.1) is 11.6 Å². The Kier molecular flexibility index (Phi) is 4.34. The number of hydrogen-bond acceptors (Lipinski definition) is 4. The van der Waals surface area contributed by atoms with E-state index in [9.17, 15) is 13.6 Å². The van der Waals surface area contributed by atoms with Crippen molar-refractivity contribution in [1.29, 1.82) is 0 Å². The maximum Gasteiger partial charge on any atom is 0.243 e. The molecule has 5 nitrogen and oxygen atoms in total. The Labute approximate surface area is 144 Å². The molecule has 4 N–H and O–H groups in total. The van der Waals surface area contributed by atoms with E-state index in [1.54, 1.807) is 12.1 Å². The van der Waals surface area contributed by atoms with E-state index in [1.165, 1.54) is 12.1 Å². The average molecular weight is 346 g/mol. The van der Waals surface area contributed by atoms with Crippen LogP contribution in [0.15, 0.2) is 36.4 Å². The SMILES string of the molecule is CC(C)(CN)N1CC(=O)Nc2cc(Nc3ccc(F)cc3F)ccc21. The third-order valence-corrected chi connectivity index (χ3v) is 4.30. The fourth-order valence-electron chi connectivity index (χ4n) is 2.76. The van der Waals surface area contributed by atoms with E-state index in [2.05, 4.69) is 10.6 Å². The number of nitrogens with one attached hydrogen (secondary N) is 2. The summed E-state index contributed by atoms with van der Waals surface area (Å²) in [6.45, 7) is 4.54. The second-order valence-corrected chi connectivity index (χ2v) is 6.63. The molecule has 7 heteroatoms. The molecule has 0 spiro atoms. The first kappa shape index (κ1) is 17.2. The number of rotatable bonds is 4. The van der Waals surface area contributed by atoms with E-state index in [0.29, 0.717) is 17.9 Å². The molecule has 0 aromatic heterocycles. The van der Waals surface area contributed by atoms with Crippen LogP contribution < -0.4 is 21.3 Å². The molecule has 0 radical (unpaired) electrons. The zero-order valence-corrected chi connectivity index (χ0v) is 14.1. The molecule has 0 fully saturated rings. The lowest BCUT2D eigenvalue weighted by molar-refractivity contribution is -0.115. The molecule has 0 saturated carbocycles. The Morgan fingerprint density at radius 3 is 2.68 bits per heavy atom. The Morgan fingerprint density at radius 2 is 2.00 bits per heavy atom. The van der Waals surface area contributed by atoms with E-state index >= 15 is 0 Å². The van der Waals surface area contributed by atoms with Crippen LogP contribution in [-0.4, -0.2) is 24.5 Å². The molecule has 2 aromatic carbocycles. The van der Waals surface area contributed by atoms with E-state index in [0.717, 1.165) is 11.8 Å². The molecule has 0 saturated heterocycles. The van der Waals surface area contributed by atoms with Crippen molar-refractivity contribution in [2.75, 3.05) is 28.6 Å². The zero-order chi connectivity index (χ0) is 18.2. The Balaban J connectivity index is 1.93. The van der Waals surface area contributed by atoms with Crippen LogP contribution in [0.25, 0.3) is 0 Å². The first-order chi connectivity index (χ1) is 11.8. The number of halogens is 2. The Hall–Kier alpha value is -2.67. The molecule has 1 amide bonds. The third kappa shape index (κ3) is 3.41. The van der Waals surface area contributed by atoms with E-state index < -0.39 is 11.6 Å². The minimum atomic E-state index is -0.687. The molecule has 2 aromatic rings. The fraction of sp³-hybridized carbons (Fsp3) is 0.278. The van der Waals surface area contributed by atoms with Gasteiger partial charge in [-0.25, -0.2) is 8.78 Å². The van der Waals surface area contributed by atoms with Crippen molar-refractivity contribution < 1.29 is 13.6 Å². The smallest absolute Gasteiger partial charge is 0.243 e. The normalized spacial score (nSPS) is 14.1. The van der Waals surface area contributed by atoms with Crippen LogP contribution in [0.1, 0.15) is 13.8 Å². The summed E-state index contributed by atoms with van der Waals surface area (Å²) >= 11 is 0. The lowest BCUT2D eigenvalue weighted by Gasteiger charge is -2.42. The molecule has 1 heterocycles. The average Bonchev–Trinajstić information content (AvgIpc) is 2.56. The summed E-state index contributed by atoms with van der Waals surface area (Å²) in [6, 6.07) is 8.65. The largest absolute Gasteiger partial charge is 0.354 e. The number of fused-ring (bicyclic) bond motifs is 1. The van der Waals surface area contributed by atoms with Gasteiger partial charge in [0.2, 0.25) is 5.91 Å². The van der Waals surface area contributed by atoms with E-state index in [-0.39, 0.29) is 23.7 Å². The molecular weight excluding hydrogens is 326 g/mol. The molecule has 25 heavy (non-hydrogen) atoms. The number of carbonyl (C=O) groups excluding carboxylic acids is 1. The molecule has 0 atom stereocenters. The summed E-state index contributed by atoms with van der Waals surface area (Å²) in [5, 5.41) is 5.72. The van der Waals surface area contributed by atoms with Gasteiger partial charge < -0.3 is 21.3 Å². The van der Waals surface area contributed by atoms with Crippen LogP contribution in [0.4, 0.5) is 31.5 Å². The second-order valence-electron chi connectivity index (χ2n) is 6.63. The number of anilines is 4. The van der Waals surface area contributed by atoms with Crippen molar-refractivity contribution in [2.24, 2.45) is 5.73 Å². The standard InChI is InChI=1S/C18H20F2N4O/c1-18(2,10-21)24-9-17(25)23-15-8-12(4-6-16(15)24)22-14-5-3-11(19)7-13(14)20/h3-8,22H,9-10,21H2,1-2H3,(H,23,25). The predicted molar refractivity (Wildman–Crippen MR) is 95.2 cm³/mol. The monoisotopic (exact) mass is 346 g/mol. The maximum absolute atomic E-state index is 13.8. The van der Waals surface area contributed by atoms with Gasteiger partial charge in [-0.1, -0.05) is 0 Å². The summed E-state index contributed by atoms with van der Waals surface area (Å²) in [5.74, 6) is -1.47. The molecule has 0 bridgehead atoms. The van der Waals surface area contributed by atoms with E-state index in [1.807, 2.05) is 24.8 Å². The van der Waals surface area contributed by atoms with Crippen LogP contribution in [0.5, 0.6) is 0 Å². The highest BCUT2D eigenvalue weighted by Crippen LogP contribution is 2.36. The van der Waals surface area contributed by atoms with Crippen molar-refractivity contribution in [2.45, 2.75) is 19.4 Å². The molecule has 0 aliphatic carbocycles. The van der Waals surface area contributed by atoms with Crippen molar-refractivity contribution >= 4 is 28.7 Å². The summed E-state index contributed by atoms with van der Waals surface area (Å²) in [5.41, 5.74) is 7.66. The van der Waals surface area contributed by atoms with Gasteiger partial charge >= 0.3 is 0 Å². The lowest BCUT2D eigenvalue weighted by atomic mass is 9.99. The van der Waals surface area contributed by atoms with Gasteiger partial charge in [0.05, 0.1) is 23.6 Å². The summed E-state index contributed by atoms with van der Waals surface area (Å²) < 4.78 is 26.8. The van der Waals surface area contributed by atoms with Crippen molar-refractivity contribution in [1.82, 2.24) is 0 Å². The van der Waals surface area contributed by atoms with Gasteiger partial charge in [0.15, 0.2) is 0 Å². The van der Waals surface area contributed by atoms with Gasteiger partial charge in [-0.3, -0.25) is 4.79 Å². The van der Waals surface area contributed by atoms with Gasteiger partial charge in [-0.15, -0.1) is 0 Å².